The number of hydrogen-bond acceptors (Lipinski definition) is 2. The van der Waals surface area contributed by atoms with Gasteiger partial charge in [-0.05, 0) is 37.5 Å². The monoisotopic (exact) mass is 326 g/mol. The van der Waals surface area contributed by atoms with E-state index in [9.17, 15) is 0 Å². The van der Waals surface area contributed by atoms with Crippen LogP contribution in [0, 0.1) is 0 Å². The van der Waals surface area contributed by atoms with Crippen LogP contribution in [-0.2, 0) is 0 Å². The summed E-state index contributed by atoms with van der Waals surface area (Å²) in [5.74, 6) is 0. The van der Waals surface area contributed by atoms with Crippen LogP contribution in [0.15, 0.2) is 60.7 Å². The quantitative estimate of drug-likeness (QED) is 0.846. The molecule has 122 valence electrons. The lowest BCUT2D eigenvalue weighted by Crippen LogP contribution is -2.49. The van der Waals surface area contributed by atoms with Gasteiger partial charge in [-0.2, -0.15) is 0 Å². The molecule has 0 aromatic heterocycles. The van der Waals surface area contributed by atoms with E-state index in [0.717, 1.165) is 0 Å². The molecular formula is C20H27N2P. The van der Waals surface area contributed by atoms with Crippen molar-refractivity contribution in [1.82, 2.24) is 9.99 Å². The number of hydrogen-bond donors (Lipinski definition) is 1. The zero-order chi connectivity index (χ0) is 16.1. The second kappa shape index (κ2) is 8.06. The third kappa shape index (κ3) is 3.83. The van der Waals surface area contributed by atoms with Gasteiger partial charge in [0.1, 0.15) is 0 Å². The highest BCUT2D eigenvalue weighted by molar-refractivity contribution is 7.70. The number of benzene rings is 2. The van der Waals surface area contributed by atoms with Crippen molar-refractivity contribution in [1.29, 1.82) is 0 Å². The summed E-state index contributed by atoms with van der Waals surface area (Å²) in [5.41, 5.74) is 0. The second-order valence-electron chi connectivity index (χ2n) is 6.30. The molecule has 1 aliphatic rings. The van der Waals surface area contributed by atoms with Crippen LogP contribution in [0.4, 0.5) is 0 Å². The normalized spacial score (nSPS) is 21.7. The molecule has 1 aliphatic carbocycles. The van der Waals surface area contributed by atoms with E-state index in [-0.39, 0.29) is 0 Å². The van der Waals surface area contributed by atoms with E-state index in [2.05, 4.69) is 84.7 Å². The summed E-state index contributed by atoms with van der Waals surface area (Å²) in [7, 11) is 3.97. The predicted octanol–water partition coefficient (Wildman–Crippen LogP) is 3.50. The van der Waals surface area contributed by atoms with Crippen molar-refractivity contribution in [3.05, 3.63) is 60.7 Å². The molecule has 2 nitrogen and oxygen atoms in total. The Morgan fingerprint density at radius 1 is 0.870 bits per heavy atom. The summed E-state index contributed by atoms with van der Waals surface area (Å²) in [6.07, 6.45) is 5.28. The van der Waals surface area contributed by atoms with E-state index in [0.29, 0.717) is 12.1 Å². The molecule has 0 spiro atoms. The molecule has 0 amide bonds. The first kappa shape index (κ1) is 16.6. The highest BCUT2D eigenvalue weighted by Gasteiger charge is 2.32. The molecule has 0 aliphatic heterocycles. The third-order valence-electron chi connectivity index (χ3n) is 4.90. The van der Waals surface area contributed by atoms with Crippen LogP contribution in [-0.4, -0.2) is 30.8 Å². The molecule has 0 radical (unpaired) electrons. The minimum atomic E-state index is -0.474. The molecule has 2 atom stereocenters. The van der Waals surface area contributed by atoms with E-state index >= 15 is 0 Å². The van der Waals surface area contributed by atoms with Gasteiger partial charge in [0.05, 0.1) is 0 Å². The molecule has 1 saturated carbocycles. The zero-order valence-corrected chi connectivity index (χ0v) is 15.0. The molecule has 1 N–H and O–H groups in total. The van der Waals surface area contributed by atoms with Gasteiger partial charge in [0.15, 0.2) is 0 Å². The zero-order valence-electron chi connectivity index (χ0n) is 14.2. The number of rotatable bonds is 5. The van der Waals surface area contributed by atoms with Crippen molar-refractivity contribution in [3.63, 3.8) is 0 Å². The van der Waals surface area contributed by atoms with Crippen LogP contribution in [0.5, 0.6) is 0 Å². The standard InChI is InChI=1S/C20H27N2P/c1-21-19-15-9-10-16-20(19)22(2)23(17-11-5-3-6-12-17)18-13-7-4-8-14-18/h3-8,11-14,19-21H,9-10,15-16H2,1-2H3/t19-,20-/m1/s1. The van der Waals surface area contributed by atoms with Crippen LogP contribution < -0.4 is 15.9 Å². The van der Waals surface area contributed by atoms with E-state index in [1.165, 1.54) is 36.3 Å². The number of nitrogens with one attached hydrogen (secondary N) is 1. The molecular weight excluding hydrogens is 299 g/mol. The Morgan fingerprint density at radius 2 is 1.39 bits per heavy atom. The van der Waals surface area contributed by atoms with Gasteiger partial charge in [-0.25, -0.2) is 0 Å². The average Bonchev–Trinajstić information content (AvgIpc) is 2.63. The Labute approximate surface area is 141 Å². The van der Waals surface area contributed by atoms with E-state index < -0.39 is 8.07 Å². The van der Waals surface area contributed by atoms with Crippen molar-refractivity contribution in [2.24, 2.45) is 0 Å². The number of nitrogens with zero attached hydrogens (tertiary/aromatic N) is 1. The maximum absolute atomic E-state index is 3.56. The topological polar surface area (TPSA) is 15.3 Å². The Hall–Kier alpha value is -1.21. The second-order valence-corrected chi connectivity index (χ2v) is 8.59. The van der Waals surface area contributed by atoms with Crippen molar-refractivity contribution >= 4 is 18.7 Å². The lowest BCUT2D eigenvalue weighted by atomic mass is 9.90. The lowest BCUT2D eigenvalue weighted by Gasteiger charge is -2.42. The van der Waals surface area contributed by atoms with Gasteiger partial charge in [-0.3, -0.25) is 4.67 Å². The fourth-order valence-corrected chi connectivity index (χ4v) is 6.20. The molecule has 23 heavy (non-hydrogen) atoms. The van der Waals surface area contributed by atoms with E-state index in [1.54, 1.807) is 0 Å². The van der Waals surface area contributed by atoms with Gasteiger partial charge in [0, 0.05) is 20.2 Å². The molecule has 1 fully saturated rings. The van der Waals surface area contributed by atoms with Crippen molar-refractivity contribution in [2.45, 2.75) is 37.8 Å². The molecule has 3 heteroatoms. The number of likely N-dealkylation sites (N-methyl/N-ethyl adjacent to an activating group) is 2. The van der Waals surface area contributed by atoms with Gasteiger partial charge in [0.25, 0.3) is 0 Å². The van der Waals surface area contributed by atoms with Gasteiger partial charge in [-0.15, -0.1) is 0 Å². The largest absolute Gasteiger partial charge is 0.315 e. The molecule has 0 bridgehead atoms. The van der Waals surface area contributed by atoms with Gasteiger partial charge < -0.3 is 5.32 Å². The minimum Gasteiger partial charge on any atom is -0.315 e. The summed E-state index contributed by atoms with van der Waals surface area (Å²) in [5, 5.41) is 6.44. The predicted molar refractivity (Wildman–Crippen MR) is 102 cm³/mol. The minimum absolute atomic E-state index is 0.474. The van der Waals surface area contributed by atoms with E-state index in [1.807, 2.05) is 0 Å². The fraction of sp³-hybridized carbons (Fsp3) is 0.400. The maximum Gasteiger partial charge on any atom is 0.0290 e. The molecule has 0 heterocycles. The Bertz CT molecular complexity index is 548. The van der Waals surface area contributed by atoms with Gasteiger partial charge in [0.2, 0.25) is 0 Å². The fourth-order valence-electron chi connectivity index (χ4n) is 3.70. The SMILES string of the molecule is CN[C@@H]1CCCC[C@H]1N(C)P(c1ccccc1)c1ccccc1. The summed E-state index contributed by atoms with van der Waals surface area (Å²) in [6.45, 7) is 0. The summed E-state index contributed by atoms with van der Waals surface area (Å²) < 4.78 is 2.65. The lowest BCUT2D eigenvalue weighted by molar-refractivity contribution is 0.238. The Kier molecular flexibility index (Phi) is 5.83. The molecule has 0 saturated heterocycles. The molecule has 2 aromatic rings. The highest BCUT2D eigenvalue weighted by atomic mass is 31.1. The van der Waals surface area contributed by atoms with Crippen molar-refractivity contribution < 1.29 is 0 Å². The van der Waals surface area contributed by atoms with Gasteiger partial charge in [-0.1, -0.05) is 73.5 Å². The van der Waals surface area contributed by atoms with Crippen molar-refractivity contribution in [3.8, 4) is 0 Å². The van der Waals surface area contributed by atoms with Crippen molar-refractivity contribution in [2.75, 3.05) is 14.1 Å². The maximum atomic E-state index is 3.56. The van der Waals surface area contributed by atoms with Crippen LogP contribution in [0.3, 0.4) is 0 Å². The van der Waals surface area contributed by atoms with E-state index in [4.69, 9.17) is 0 Å². The molecule has 3 rings (SSSR count). The molecule has 0 unspecified atom stereocenters. The summed E-state index contributed by atoms with van der Waals surface area (Å²) >= 11 is 0. The Balaban J connectivity index is 1.94. The molecule has 2 aromatic carbocycles. The van der Waals surface area contributed by atoms with Crippen LogP contribution >= 0.6 is 8.07 Å². The first-order valence-corrected chi connectivity index (χ1v) is 9.91. The first-order valence-electron chi connectivity index (χ1n) is 8.61. The van der Waals surface area contributed by atoms with Crippen LogP contribution in [0.1, 0.15) is 25.7 Å². The van der Waals surface area contributed by atoms with Gasteiger partial charge >= 0.3 is 0 Å². The summed E-state index contributed by atoms with van der Waals surface area (Å²) in [4.78, 5) is 0. The highest BCUT2D eigenvalue weighted by Crippen LogP contribution is 2.41. The average molecular weight is 326 g/mol. The first-order chi connectivity index (χ1) is 11.3. The van der Waals surface area contributed by atoms with Crippen LogP contribution in [0.25, 0.3) is 0 Å². The summed E-state index contributed by atoms with van der Waals surface area (Å²) in [6, 6.07) is 23.2. The third-order valence-corrected chi connectivity index (χ3v) is 7.40. The smallest absolute Gasteiger partial charge is 0.0290 e. The Morgan fingerprint density at radius 3 is 1.91 bits per heavy atom. The van der Waals surface area contributed by atoms with Crippen LogP contribution in [0.2, 0.25) is 0 Å².